The number of benzene rings is 3. The van der Waals surface area contributed by atoms with Gasteiger partial charge in [0.25, 0.3) is 11.8 Å². The largest absolute Gasteiger partial charge is 0.507 e. The summed E-state index contributed by atoms with van der Waals surface area (Å²) in [6.07, 6.45) is 0. The zero-order valence-corrected chi connectivity index (χ0v) is 13.8. The fourth-order valence-corrected chi connectivity index (χ4v) is 3.35. The fourth-order valence-electron chi connectivity index (χ4n) is 3.13. The molecule has 6 nitrogen and oxygen atoms in total. The normalized spacial score (nSPS) is 13.3. The number of carboxylic acid groups (broad SMARTS) is 1. The van der Waals surface area contributed by atoms with Crippen molar-refractivity contribution in [3.05, 3.63) is 70.2 Å². The molecular weight excluding hydrogens is 358 g/mol. The van der Waals surface area contributed by atoms with Gasteiger partial charge in [-0.1, -0.05) is 23.7 Å². The van der Waals surface area contributed by atoms with Gasteiger partial charge in [0.15, 0.2) is 0 Å². The Hall–Kier alpha value is -3.38. The molecule has 0 saturated carbocycles. The summed E-state index contributed by atoms with van der Waals surface area (Å²) in [6, 6.07) is 11.6. The van der Waals surface area contributed by atoms with E-state index in [-0.39, 0.29) is 5.69 Å². The molecule has 2 amide bonds. The van der Waals surface area contributed by atoms with Crippen LogP contribution in [0.1, 0.15) is 31.1 Å². The molecule has 0 radical (unpaired) electrons. The van der Waals surface area contributed by atoms with E-state index in [1.165, 1.54) is 12.1 Å². The highest BCUT2D eigenvalue weighted by Gasteiger charge is 2.34. The summed E-state index contributed by atoms with van der Waals surface area (Å²) < 4.78 is 0. The second-order valence-electron chi connectivity index (χ2n) is 5.78. The Bertz CT molecular complexity index is 1120. The van der Waals surface area contributed by atoms with Crippen LogP contribution in [0.4, 0.5) is 5.69 Å². The second kappa shape index (κ2) is 5.57. The lowest BCUT2D eigenvalue weighted by atomic mass is 9.93. The molecule has 1 aliphatic heterocycles. The van der Waals surface area contributed by atoms with E-state index in [0.29, 0.717) is 26.9 Å². The Labute approximate surface area is 151 Å². The maximum Gasteiger partial charge on any atom is 0.339 e. The predicted octanol–water partition coefficient (Wildman–Crippen LogP) is 3.70. The average molecular weight is 368 g/mol. The summed E-state index contributed by atoms with van der Waals surface area (Å²) >= 11 is 6.17. The van der Waals surface area contributed by atoms with Crippen LogP contribution in [0.15, 0.2) is 48.5 Å². The Morgan fingerprint density at radius 1 is 0.962 bits per heavy atom. The van der Waals surface area contributed by atoms with Gasteiger partial charge in [-0.25, -0.2) is 9.69 Å². The van der Waals surface area contributed by atoms with Gasteiger partial charge in [0.2, 0.25) is 0 Å². The van der Waals surface area contributed by atoms with E-state index in [1.54, 1.807) is 24.3 Å². The highest BCUT2D eigenvalue weighted by atomic mass is 35.5. The van der Waals surface area contributed by atoms with Crippen molar-refractivity contribution in [1.29, 1.82) is 0 Å². The molecule has 0 bridgehead atoms. The standard InChI is InChI=1S/C19H10ClNO5/c20-14-6-5-12-16-10(14)2-1-3-11(16)17(23)21(18(12)24)9-4-7-15(22)13(8-9)19(25)26/h1-8,22H,(H,25,26). The zero-order valence-electron chi connectivity index (χ0n) is 13.1. The Morgan fingerprint density at radius 3 is 2.35 bits per heavy atom. The van der Waals surface area contributed by atoms with E-state index < -0.39 is 29.1 Å². The number of hydrogen-bond acceptors (Lipinski definition) is 4. The molecule has 0 atom stereocenters. The number of hydrogen-bond donors (Lipinski definition) is 2. The van der Waals surface area contributed by atoms with Gasteiger partial charge >= 0.3 is 5.97 Å². The molecule has 1 aliphatic rings. The summed E-state index contributed by atoms with van der Waals surface area (Å²) in [4.78, 5) is 38.0. The molecule has 0 aliphatic carbocycles. The number of imide groups is 1. The van der Waals surface area contributed by atoms with Crippen molar-refractivity contribution in [1.82, 2.24) is 0 Å². The van der Waals surface area contributed by atoms with Crippen molar-refractivity contribution in [3.8, 4) is 5.75 Å². The van der Waals surface area contributed by atoms with Crippen LogP contribution in [0.25, 0.3) is 10.8 Å². The van der Waals surface area contributed by atoms with Crippen molar-refractivity contribution >= 4 is 45.8 Å². The molecule has 2 N–H and O–H groups in total. The molecule has 1 heterocycles. The van der Waals surface area contributed by atoms with Gasteiger partial charge in [-0.3, -0.25) is 9.59 Å². The van der Waals surface area contributed by atoms with Gasteiger partial charge in [-0.15, -0.1) is 0 Å². The first kappa shape index (κ1) is 16.1. The van der Waals surface area contributed by atoms with Crippen molar-refractivity contribution in [2.24, 2.45) is 0 Å². The monoisotopic (exact) mass is 367 g/mol. The molecule has 0 unspecified atom stereocenters. The third-order valence-corrected chi connectivity index (χ3v) is 4.65. The van der Waals surface area contributed by atoms with Crippen molar-refractivity contribution in [2.75, 3.05) is 4.90 Å². The minimum absolute atomic E-state index is 0.0628. The number of aromatic hydroxyl groups is 1. The lowest BCUT2D eigenvalue weighted by Crippen LogP contribution is -2.40. The second-order valence-corrected chi connectivity index (χ2v) is 6.18. The molecule has 0 fully saturated rings. The van der Waals surface area contributed by atoms with Gasteiger partial charge < -0.3 is 10.2 Å². The van der Waals surface area contributed by atoms with Gasteiger partial charge in [-0.2, -0.15) is 0 Å². The highest BCUT2D eigenvalue weighted by molar-refractivity contribution is 6.41. The smallest absolute Gasteiger partial charge is 0.339 e. The Balaban J connectivity index is 1.96. The molecule has 128 valence electrons. The van der Waals surface area contributed by atoms with E-state index in [1.807, 2.05) is 0 Å². The van der Waals surface area contributed by atoms with Gasteiger partial charge in [0.05, 0.1) is 5.69 Å². The third-order valence-electron chi connectivity index (χ3n) is 4.32. The highest BCUT2D eigenvalue weighted by Crippen LogP contribution is 2.36. The summed E-state index contributed by atoms with van der Waals surface area (Å²) in [6.45, 7) is 0. The average Bonchev–Trinajstić information content (AvgIpc) is 2.62. The number of nitrogens with zero attached hydrogens (tertiary/aromatic N) is 1. The van der Waals surface area contributed by atoms with E-state index in [0.717, 1.165) is 17.0 Å². The lowest BCUT2D eigenvalue weighted by Gasteiger charge is -2.27. The van der Waals surface area contributed by atoms with Crippen LogP contribution in [0.5, 0.6) is 5.75 Å². The maximum absolute atomic E-state index is 12.9. The number of phenols is 1. The molecule has 7 heteroatoms. The van der Waals surface area contributed by atoms with Crippen LogP contribution in [0, 0.1) is 0 Å². The van der Waals surface area contributed by atoms with E-state index in [2.05, 4.69) is 0 Å². The van der Waals surface area contributed by atoms with Gasteiger partial charge in [0.1, 0.15) is 11.3 Å². The van der Waals surface area contributed by atoms with Crippen LogP contribution in [0.2, 0.25) is 5.02 Å². The zero-order chi connectivity index (χ0) is 18.6. The van der Waals surface area contributed by atoms with Crippen molar-refractivity contribution in [3.63, 3.8) is 0 Å². The fraction of sp³-hybridized carbons (Fsp3) is 0. The van der Waals surface area contributed by atoms with Gasteiger partial charge in [0, 0.05) is 26.9 Å². The molecule has 4 rings (SSSR count). The summed E-state index contributed by atoms with van der Waals surface area (Å²) in [7, 11) is 0. The molecule has 0 aromatic heterocycles. The molecule has 0 saturated heterocycles. The van der Waals surface area contributed by atoms with Crippen molar-refractivity contribution in [2.45, 2.75) is 0 Å². The number of aromatic carboxylic acids is 1. The van der Waals surface area contributed by atoms with Crippen LogP contribution < -0.4 is 4.90 Å². The first-order valence-electron chi connectivity index (χ1n) is 7.56. The molecule has 0 spiro atoms. The summed E-state index contributed by atoms with van der Waals surface area (Å²) in [5.41, 5.74) is 0.255. The third kappa shape index (κ3) is 2.16. The van der Waals surface area contributed by atoms with Crippen LogP contribution in [-0.4, -0.2) is 28.0 Å². The van der Waals surface area contributed by atoms with Crippen molar-refractivity contribution < 1.29 is 24.6 Å². The number of carbonyl (C=O) groups is 3. The van der Waals surface area contributed by atoms with Gasteiger partial charge in [-0.05, 0) is 36.4 Å². The Kier molecular flexibility index (Phi) is 3.45. The van der Waals surface area contributed by atoms with E-state index >= 15 is 0 Å². The lowest BCUT2D eigenvalue weighted by molar-refractivity contribution is 0.0692. The summed E-state index contributed by atoms with van der Waals surface area (Å²) in [5.74, 6) is -2.99. The number of amides is 2. The minimum atomic E-state index is -1.37. The molecule has 3 aromatic rings. The number of rotatable bonds is 2. The number of carboxylic acids is 1. The van der Waals surface area contributed by atoms with Crippen LogP contribution >= 0.6 is 11.6 Å². The Morgan fingerprint density at radius 2 is 1.65 bits per heavy atom. The predicted molar refractivity (Wildman–Crippen MR) is 95.2 cm³/mol. The number of halogens is 1. The first-order valence-corrected chi connectivity index (χ1v) is 7.94. The molecule has 3 aromatic carbocycles. The minimum Gasteiger partial charge on any atom is -0.507 e. The van der Waals surface area contributed by atoms with E-state index in [9.17, 15) is 19.5 Å². The number of anilines is 1. The van der Waals surface area contributed by atoms with Crippen LogP contribution in [0.3, 0.4) is 0 Å². The SMILES string of the molecule is O=C(O)c1cc(N2C(=O)c3cccc4c(Cl)ccc(c34)C2=O)ccc1O. The maximum atomic E-state index is 12.9. The summed E-state index contributed by atoms with van der Waals surface area (Å²) in [5, 5.41) is 20.3. The number of carbonyl (C=O) groups excluding carboxylic acids is 2. The first-order chi connectivity index (χ1) is 12.4. The van der Waals surface area contributed by atoms with Crippen LogP contribution in [-0.2, 0) is 0 Å². The molecule has 26 heavy (non-hydrogen) atoms. The topological polar surface area (TPSA) is 94.9 Å². The molecular formula is C19H10ClNO5. The van der Waals surface area contributed by atoms with E-state index in [4.69, 9.17) is 16.7 Å². The quantitative estimate of drug-likeness (QED) is 0.673.